The lowest BCUT2D eigenvalue weighted by molar-refractivity contribution is 0.0952. The van der Waals surface area contributed by atoms with Gasteiger partial charge in [0, 0.05) is 38.5 Å². The standard InChI is InChI=1S/C21H25N7O2.CH4O/c1-22-18-11-17(25-16-7-4-10-27(21(16)30)14-5-2-3-6-14)26-19-15(12-23-28(18)19)20(29)24-13-8-9-13;1-2/h4,7,10-14,22H,2-3,5-6,8-9H2,1H3,(H,24,29)(H,25,26);2H,1H3. The number of hydrogen-bond acceptors (Lipinski definition) is 7. The van der Waals surface area contributed by atoms with Crippen LogP contribution < -0.4 is 21.5 Å². The van der Waals surface area contributed by atoms with E-state index in [2.05, 4.69) is 26.0 Å². The molecule has 10 heteroatoms. The van der Waals surface area contributed by atoms with Gasteiger partial charge in [-0.05, 0) is 37.8 Å². The summed E-state index contributed by atoms with van der Waals surface area (Å²) in [7, 11) is 2.78. The molecule has 3 aromatic heterocycles. The molecule has 0 saturated heterocycles. The first kappa shape index (κ1) is 21.8. The summed E-state index contributed by atoms with van der Waals surface area (Å²) in [4.78, 5) is 30.2. The molecule has 0 unspecified atom stereocenters. The predicted octanol–water partition coefficient (Wildman–Crippen LogP) is 2.29. The molecular formula is C22H29N7O3. The SMILES string of the molecule is CNc1cc(Nc2cccn(C3CCCC3)c2=O)nc2c(C(=O)NC3CC3)cnn12.CO. The number of nitrogens with zero attached hydrogens (tertiary/aromatic N) is 4. The molecule has 2 fully saturated rings. The first-order valence-electron chi connectivity index (χ1n) is 10.9. The summed E-state index contributed by atoms with van der Waals surface area (Å²) >= 11 is 0. The summed E-state index contributed by atoms with van der Waals surface area (Å²) in [5.41, 5.74) is 1.26. The Morgan fingerprint density at radius 3 is 2.62 bits per heavy atom. The van der Waals surface area contributed by atoms with Gasteiger partial charge >= 0.3 is 0 Å². The monoisotopic (exact) mass is 439 g/mol. The number of amides is 1. The number of carbonyl (C=O) groups excluding carboxylic acids is 1. The van der Waals surface area contributed by atoms with Crippen molar-refractivity contribution in [3.63, 3.8) is 0 Å². The van der Waals surface area contributed by atoms with E-state index in [1.165, 1.54) is 6.20 Å². The van der Waals surface area contributed by atoms with E-state index in [4.69, 9.17) is 5.11 Å². The summed E-state index contributed by atoms with van der Waals surface area (Å²) in [6, 6.07) is 5.92. The first-order valence-corrected chi connectivity index (χ1v) is 10.9. The zero-order chi connectivity index (χ0) is 22.7. The number of hydrogen-bond donors (Lipinski definition) is 4. The van der Waals surface area contributed by atoms with Crippen molar-refractivity contribution in [3.05, 3.63) is 46.5 Å². The highest BCUT2D eigenvalue weighted by molar-refractivity contribution is 6.00. The molecule has 0 spiro atoms. The minimum atomic E-state index is -0.178. The Bertz CT molecular complexity index is 1160. The molecular weight excluding hydrogens is 410 g/mol. The average molecular weight is 440 g/mol. The molecule has 5 rings (SSSR count). The summed E-state index contributed by atoms with van der Waals surface area (Å²) in [5, 5.41) is 20.5. The van der Waals surface area contributed by atoms with Crippen molar-refractivity contribution < 1.29 is 9.90 Å². The molecule has 3 heterocycles. The van der Waals surface area contributed by atoms with Gasteiger partial charge in [-0.15, -0.1) is 0 Å². The molecule has 0 bridgehead atoms. The second kappa shape index (κ2) is 9.39. The highest BCUT2D eigenvalue weighted by Crippen LogP contribution is 2.29. The molecule has 170 valence electrons. The number of aromatic nitrogens is 4. The number of fused-ring (bicyclic) bond motifs is 1. The molecule has 32 heavy (non-hydrogen) atoms. The van der Waals surface area contributed by atoms with Crippen molar-refractivity contribution in [1.82, 2.24) is 24.5 Å². The van der Waals surface area contributed by atoms with Crippen LogP contribution >= 0.6 is 0 Å². The summed E-state index contributed by atoms with van der Waals surface area (Å²) in [6.07, 6.45) is 9.79. The molecule has 1 amide bonds. The minimum absolute atomic E-state index is 0.0581. The normalized spacial score (nSPS) is 15.8. The number of pyridine rings is 1. The maximum absolute atomic E-state index is 13.0. The van der Waals surface area contributed by atoms with Crippen LogP contribution in [0, 0.1) is 0 Å². The van der Waals surface area contributed by atoms with Crippen LogP contribution in [0.15, 0.2) is 35.4 Å². The lowest BCUT2D eigenvalue weighted by Gasteiger charge is -2.15. The molecule has 0 radical (unpaired) electrons. The highest BCUT2D eigenvalue weighted by atomic mass is 16.2. The lowest BCUT2D eigenvalue weighted by Crippen LogP contribution is -2.25. The van der Waals surface area contributed by atoms with Gasteiger partial charge < -0.3 is 25.6 Å². The van der Waals surface area contributed by atoms with Gasteiger partial charge in [0.2, 0.25) is 0 Å². The second-order valence-corrected chi connectivity index (χ2v) is 8.02. The van der Waals surface area contributed by atoms with E-state index in [1.54, 1.807) is 23.7 Å². The third-order valence-corrected chi connectivity index (χ3v) is 5.84. The van der Waals surface area contributed by atoms with Crippen molar-refractivity contribution >= 4 is 28.9 Å². The zero-order valence-corrected chi connectivity index (χ0v) is 18.3. The van der Waals surface area contributed by atoms with Gasteiger partial charge in [-0.3, -0.25) is 9.59 Å². The third kappa shape index (κ3) is 4.31. The van der Waals surface area contributed by atoms with Gasteiger partial charge in [-0.25, -0.2) is 4.98 Å². The van der Waals surface area contributed by atoms with Crippen LogP contribution in [0.1, 0.15) is 54.9 Å². The van der Waals surface area contributed by atoms with E-state index in [0.717, 1.165) is 45.6 Å². The van der Waals surface area contributed by atoms with Crippen LogP contribution in [0.2, 0.25) is 0 Å². The summed E-state index contributed by atoms with van der Waals surface area (Å²) in [5.74, 6) is 0.969. The van der Waals surface area contributed by atoms with Gasteiger partial charge in [-0.2, -0.15) is 9.61 Å². The molecule has 2 saturated carbocycles. The van der Waals surface area contributed by atoms with Crippen molar-refractivity contribution in [3.8, 4) is 0 Å². The molecule has 0 aliphatic heterocycles. The number of nitrogens with one attached hydrogen (secondary N) is 3. The van der Waals surface area contributed by atoms with Crippen molar-refractivity contribution in [1.29, 1.82) is 0 Å². The molecule has 4 N–H and O–H groups in total. The van der Waals surface area contributed by atoms with Crippen molar-refractivity contribution in [2.24, 2.45) is 0 Å². The predicted molar refractivity (Wildman–Crippen MR) is 123 cm³/mol. The maximum atomic E-state index is 13.0. The highest BCUT2D eigenvalue weighted by Gasteiger charge is 2.26. The zero-order valence-electron chi connectivity index (χ0n) is 18.3. The average Bonchev–Trinajstić information content (AvgIpc) is 3.27. The molecule has 3 aromatic rings. The Balaban J connectivity index is 0.00000119. The molecule has 2 aliphatic rings. The summed E-state index contributed by atoms with van der Waals surface area (Å²) < 4.78 is 3.41. The quantitative estimate of drug-likeness (QED) is 0.464. The van der Waals surface area contributed by atoms with E-state index >= 15 is 0 Å². The van der Waals surface area contributed by atoms with Crippen LogP contribution in [0.5, 0.6) is 0 Å². The topological polar surface area (TPSA) is 126 Å². The smallest absolute Gasteiger partial charge is 0.274 e. The van der Waals surface area contributed by atoms with E-state index in [0.29, 0.717) is 28.5 Å². The number of anilines is 3. The Morgan fingerprint density at radius 2 is 1.94 bits per heavy atom. The van der Waals surface area contributed by atoms with Gasteiger partial charge in [0.15, 0.2) is 5.65 Å². The first-order chi connectivity index (χ1) is 15.6. The molecule has 0 atom stereocenters. The largest absolute Gasteiger partial charge is 0.400 e. The van der Waals surface area contributed by atoms with E-state index in [1.807, 2.05) is 16.8 Å². The minimum Gasteiger partial charge on any atom is -0.400 e. The number of carbonyl (C=O) groups is 1. The number of rotatable bonds is 6. The Kier molecular flexibility index (Phi) is 6.40. The van der Waals surface area contributed by atoms with E-state index < -0.39 is 0 Å². The molecule has 2 aliphatic carbocycles. The van der Waals surface area contributed by atoms with Crippen molar-refractivity contribution in [2.75, 3.05) is 24.8 Å². The Labute approximate surface area is 185 Å². The second-order valence-electron chi connectivity index (χ2n) is 8.02. The Hall–Kier alpha value is -3.40. The number of aliphatic hydroxyl groups is 1. The lowest BCUT2D eigenvalue weighted by atomic mass is 10.2. The van der Waals surface area contributed by atoms with Crippen LogP contribution in [0.25, 0.3) is 5.65 Å². The van der Waals surface area contributed by atoms with Gasteiger partial charge in [0.1, 0.15) is 22.9 Å². The third-order valence-electron chi connectivity index (χ3n) is 5.84. The van der Waals surface area contributed by atoms with E-state index in [9.17, 15) is 9.59 Å². The fourth-order valence-corrected chi connectivity index (χ4v) is 4.07. The Morgan fingerprint density at radius 1 is 1.19 bits per heavy atom. The van der Waals surface area contributed by atoms with Gasteiger partial charge in [-0.1, -0.05) is 12.8 Å². The molecule has 0 aromatic carbocycles. The van der Waals surface area contributed by atoms with Gasteiger partial charge in [0.25, 0.3) is 11.5 Å². The van der Waals surface area contributed by atoms with E-state index in [-0.39, 0.29) is 23.6 Å². The summed E-state index contributed by atoms with van der Waals surface area (Å²) in [6.45, 7) is 0. The van der Waals surface area contributed by atoms with Crippen molar-refractivity contribution in [2.45, 2.75) is 50.6 Å². The fourth-order valence-electron chi connectivity index (χ4n) is 4.07. The van der Waals surface area contributed by atoms with Crippen LogP contribution in [-0.2, 0) is 0 Å². The van der Waals surface area contributed by atoms with Gasteiger partial charge in [0.05, 0.1) is 6.20 Å². The van der Waals surface area contributed by atoms with Crippen LogP contribution in [0.4, 0.5) is 17.3 Å². The van der Waals surface area contributed by atoms with Crippen LogP contribution in [-0.4, -0.2) is 50.4 Å². The fraction of sp³-hybridized carbons (Fsp3) is 0.455. The molecule has 10 nitrogen and oxygen atoms in total. The van der Waals surface area contributed by atoms with Crippen LogP contribution in [0.3, 0.4) is 0 Å². The number of aliphatic hydroxyl groups excluding tert-OH is 1. The maximum Gasteiger partial charge on any atom is 0.274 e.